The lowest BCUT2D eigenvalue weighted by Gasteiger charge is -2.41. The molecule has 1 aliphatic rings. The quantitative estimate of drug-likeness (QED) is 0.531. The highest BCUT2D eigenvalue weighted by Gasteiger charge is 2.36. The maximum atomic E-state index is 12.4. The molecule has 0 amide bonds. The average Bonchev–Trinajstić information content (AvgIpc) is 2.38. The molecule has 6 nitrogen and oxygen atoms in total. The summed E-state index contributed by atoms with van der Waals surface area (Å²) < 4.78 is 28.1. The van der Waals surface area contributed by atoms with E-state index < -0.39 is 10.0 Å². The van der Waals surface area contributed by atoms with Crippen molar-refractivity contribution in [1.82, 2.24) is 9.71 Å². The van der Waals surface area contributed by atoms with Gasteiger partial charge in [0.25, 0.3) is 0 Å². The Morgan fingerprint density at radius 3 is 2.70 bits per heavy atom. The summed E-state index contributed by atoms with van der Waals surface area (Å²) in [4.78, 5) is 4.02. The van der Waals surface area contributed by atoms with E-state index in [4.69, 9.17) is 5.84 Å². The van der Waals surface area contributed by atoms with Gasteiger partial charge in [-0.3, -0.25) is 0 Å². The zero-order chi connectivity index (χ0) is 14.8. The molecule has 0 bridgehead atoms. The van der Waals surface area contributed by atoms with Crippen molar-refractivity contribution in [3.8, 4) is 0 Å². The van der Waals surface area contributed by atoms with Crippen LogP contribution in [0.3, 0.4) is 0 Å². The molecule has 20 heavy (non-hydrogen) atoms. The Bertz CT molecular complexity index is 582. The van der Waals surface area contributed by atoms with E-state index in [1.165, 1.54) is 18.7 Å². The number of halogens is 1. The Balaban J connectivity index is 2.20. The van der Waals surface area contributed by atoms with Crippen LogP contribution in [-0.4, -0.2) is 19.9 Å². The second-order valence-electron chi connectivity index (χ2n) is 5.18. The lowest BCUT2D eigenvalue weighted by atomic mass is 9.67. The van der Waals surface area contributed by atoms with Gasteiger partial charge < -0.3 is 5.43 Å². The third-order valence-corrected chi connectivity index (χ3v) is 5.90. The van der Waals surface area contributed by atoms with Gasteiger partial charge in [0.05, 0.1) is 0 Å². The monoisotopic (exact) mass is 362 g/mol. The van der Waals surface area contributed by atoms with Crippen molar-refractivity contribution in [2.75, 3.05) is 12.0 Å². The Morgan fingerprint density at radius 1 is 1.50 bits per heavy atom. The number of rotatable bonds is 6. The van der Waals surface area contributed by atoms with E-state index in [2.05, 4.69) is 38.0 Å². The zero-order valence-electron chi connectivity index (χ0n) is 11.3. The van der Waals surface area contributed by atoms with Gasteiger partial charge in [-0.2, -0.15) is 0 Å². The molecule has 1 heterocycles. The molecule has 1 aromatic heterocycles. The molecule has 8 heteroatoms. The van der Waals surface area contributed by atoms with Crippen LogP contribution in [0.25, 0.3) is 0 Å². The third-order valence-electron chi connectivity index (χ3n) is 4.05. The fourth-order valence-corrected chi connectivity index (χ4v) is 4.17. The molecule has 1 saturated carbocycles. The summed E-state index contributed by atoms with van der Waals surface area (Å²) in [6.07, 6.45) is 5.79. The maximum Gasteiger partial charge on any atom is 0.244 e. The molecule has 4 N–H and O–H groups in total. The number of anilines is 1. The van der Waals surface area contributed by atoms with E-state index in [-0.39, 0.29) is 16.1 Å². The summed E-state index contributed by atoms with van der Waals surface area (Å²) in [6.45, 7) is 2.56. The SMILES string of the molecule is CCC1(CNS(=O)(=O)c2cc(Br)cnc2NN)CCC1. The average molecular weight is 363 g/mol. The number of pyridine rings is 1. The molecular formula is C12H19BrN4O2S. The molecule has 0 unspecified atom stereocenters. The molecule has 0 atom stereocenters. The van der Waals surface area contributed by atoms with Gasteiger partial charge in [-0.25, -0.2) is 24.0 Å². The largest absolute Gasteiger partial charge is 0.307 e. The summed E-state index contributed by atoms with van der Waals surface area (Å²) in [6, 6.07) is 1.49. The number of hydrazine groups is 1. The van der Waals surface area contributed by atoms with Gasteiger partial charge in [-0.1, -0.05) is 13.3 Å². The van der Waals surface area contributed by atoms with Crippen LogP contribution in [0, 0.1) is 5.41 Å². The van der Waals surface area contributed by atoms with Gasteiger partial charge in [0.1, 0.15) is 4.90 Å². The van der Waals surface area contributed by atoms with E-state index in [0.29, 0.717) is 11.0 Å². The molecule has 1 aliphatic carbocycles. The fourth-order valence-electron chi connectivity index (χ4n) is 2.39. The number of aromatic nitrogens is 1. The van der Waals surface area contributed by atoms with Crippen LogP contribution in [-0.2, 0) is 10.0 Å². The van der Waals surface area contributed by atoms with Gasteiger partial charge >= 0.3 is 0 Å². The van der Waals surface area contributed by atoms with Gasteiger partial charge in [0.2, 0.25) is 10.0 Å². The van der Waals surface area contributed by atoms with Crippen molar-refractivity contribution in [1.29, 1.82) is 0 Å². The summed E-state index contributed by atoms with van der Waals surface area (Å²) in [5.41, 5.74) is 2.43. The van der Waals surface area contributed by atoms with E-state index in [1.54, 1.807) is 0 Å². The van der Waals surface area contributed by atoms with Crippen molar-refractivity contribution in [3.05, 3.63) is 16.7 Å². The number of nitrogens with one attached hydrogen (secondary N) is 2. The molecule has 0 aliphatic heterocycles. The number of nitrogens with two attached hydrogens (primary N) is 1. The van der Waals surface area contributed by atoms with Crippen LogP contribution < -0.4 is 16.0 Å². The minimum Gasteiger partial charge on any atom is -0.307 e. The molecule has 0 aromatic carbocycles. The number of sulfonamides is 1. The lowest BCUT2D eigenvalue weighted by Crippen LogP contribution is -2.41. The van der Waals surface area contributed by atoms with Gasteiger partial charge in [-0.05, 0) is 46.7 Å². The van der Waals surface area contributed by atoms with Crippen molar-refractivity contribution in [3.63, 3.8) is 0 Å². The van der Waals surface area contributed by atoms with Crippen LogP contribution >= 0.6 is 15.9 Å². The van der Waals surface area contributed by atoms with Crippen LogP contribution in [0.5, 0.6) is 0 Å². The molecule has 1 aromatic rings. The van der Waals surface area contributed by atoms with Crippen LogP contribution in [0.15, 0.2) is 21.6 Å². The fraction of sp³-hybridized carbons (Fsp3) is 0.583. The number of nitrogens with zero attached hydrogens (tertiary/aromatic N) is 1. The second kappa shape index (κ2) is 5.97. The topological polar surface area (TPSA) is 97.1 Å². The first-order valence-corrected chi connectivity index (χ1v) is 8.82. The number of hydrogen-bond acceptors (Lipinski definition) is 5. The highest BCUT2D eigenvalue weighted by molar-refractivity contribution is 9.10. The molecule has 0 saturated heterocycles. The summed E-state index contributed by atoms with van der Waals surface area (Å²) >= 11 is 3.22. The van der Waals surface area contributed by atoms with Crippen molar-refractivity contribution >= 4 is 31.8 Å². The first-order chi connectivity index (χ1) is 9.42. The minimum absolute atomic E-state index is 0.0555. The van der Waals surface area contributed by atoms with Gasteiger partial charge in [0, 0.05) is 17.2 Å². The van der Waals surface area contributed by atoms with E-state index in [9.17, 15) is 8.42 Å². The molecular weight excluding hydrogens is 344 g/mol. The molecule has 1 fully saturated rings. The van der Waals surface area contributed by atoms with Crippen molar-refractivity contribution < 1.29 is 8.42 Å². The van der Waals surface area contributed by atoms with Crippen molar-refractivity contribution in [2.24, 2.45) is 11.3 Å². The van der Waals surface area contributed by atoms with Crippen LogP contribution in [0.2, 0.25) is 0 Å². The first kappa shape index (κ1) is 15.7. The zero-order valence-corrected chi connectivity index (χ0v) is 13.7. The summed E-state index contributed by atoms with van der Waals surface area (Å²) in [5, 5.41) is 0. The van der Waals surface area contributed by atoms with Gasteiger partial charge in [-0.15, -0.1) is 0 Å². The maximum absolute atomic E-state index is 12.4. The standard InChI is InChI=1S/C12H19BrN4O2S/c1-2-12(4-3-5-12)8-16-20(18,19)10-6-9(13)7-15-11(10)17-14/h6-7,16H,2-5,8,14H2,1H3,(H,15,17). The van der Waals surface area contributed by atoms with E-state index in [1.807, 2.05) is 0 Å². The van der Waals surface area contributed by atoms with Crippen LogP contribution in [0.1, 0.15) is 32.6 Å². The predicted octanol–water partition coefficient (Wildman–Crippen LogP) is 1.99. The number of hydrogen-bond donors (Lipinski definition) is 3. The number of nitrogen functional groups attached to an aromatic ring is 1. The lowest BCUT2D eigenvalue weighted by molar-refractivity contribution is 0.133. The second-order valence-corrected chi connectivity index (χ2v) is 7.83. The Hall–Kier alpha value is -0.700. The highest BCUT2D eigenvalue weighted by atomic mass is 79.9. The predicted molar refractivity (Wildman–Crippen MR) is 81.5 cm³/mol. The van der Waals surface area contributed by atoms with Crippen LogP contribution in [0.4, 0.5) is 5.82 Å². The Labute approximate surface area is 127 Å². The normalized spacial score (nSPS) is 17.6. The van der Waals surface area contributed by atoms with Gasteiger partial charge in [0.15, 0.2) is 5.82 Å². The third kappa shape index (κ3) is 3.13. The Morgan fingerprint density at radius 2 is 2.20 bits per heavy atom. The minimum atomic E-state index is -3.63. The van der Waals surface area contributed by atoms with E-state index in [0.717, 1.165) is 19.3 Å². The molecule has 0 radical (unpaired) electrons. The van der Waals surface area contributed by atoms with Crippen molar-refractivity contribution in [2.45, 2.75) is 37.5 Å². The molecule has 2 rings (SSSR count). The first-order valence-electron chi connectivity index (χ1n) is 6.54. The molecule has 112 valence electrons. The smallest absolute Gasteiger partial charge is 0.244 e. The van der Waals surface area contributed by atoms with E-state index >= 15 is 0 Å². The summed E-state index contributed by atoms with van der Waals surface area (Å²) in [7, 11) is -3.63. The Kier molecular flexibility index (Phi) is 4.68. The summed E-state index contributed by atoms with van der Waals surface area (Å²) in [5.74, 6) is 5.46. The molecule has 0 spiro atoms. The highest BCUT2D eigenvalue weighted by Crippen LogP contribution is 2.43.